The second kappa shape index (κ2) is 5.87. The van der Waals surface area contributed by atoms with E-state index >= 15 is 0 Å². The summed E-state index contributed by atoms with van der Waals surface area (Å²) < 4.78 is 0. The zero-order valence-electron chi connectivity index (χ0n) is 10.1. The van der Waals surface area contributed by atoms with Gasteiger partial charge in [0.2, 0.25) is 5.91 Å². The van der Waals surface area contributed by atoms with E-state index in [1.165, 1.54) is 11.3 Å². The molecule has 1 amide bonds. The van der Waals surface area contributed by atoms with Crippen molar-refractivity contribution < 1.29 is 14.7 Å². The fourth-order valence-corrected chi connectivity index (χ4v) is 1.92. The monoisotopic (exact) mass is 227 g/mol. The Balaban J connectivity index is 2.51. The number of carbonyl (C=O) groups excluding carboxylic acids is 1. The fourth-order valence-electron chi connectivity index (χ4n) is 1.92. The van der Waals surface area contributed by atoms with Gasteiger partial charge in [0, 0.05) is 12.5 Å². The van der Waals surface area contributed by atoms with Crippen LogP contribution >= 0.6 is 0 Å². The van der Waals surface area contributed by atoms with Crippen LogP contribution in [0.15, 0.2) is 0 Å². The first-order valence-electron chi connectivity index (χ1n) is 6.05. The summed E-state index contributed by atoms with van der Waals surface area (Å²) in [6, 6.07) is 0.0173. The molecule has 0 bridgehead atoms. The van der Waals surface area contributed by atoms with Crippen molar-refractivity contribution >= 4 is 11.9 Å². The van der Waals surface area contributed by atoms with Gasteiger partial charge in [-0.25, -0.2) is 0 Å². The van der Waals surface area contributed by atoms with Crippen molar-refractivity contribution in [1.29, 1.82) is 0 Å². The van der Waals surface area contributed by atoms with Crippen molar-refractivity contribution in [3.05, 3.63) is 0 Å². The molecule has 0 aliphatic heterocycles. The molecule has 0 aromatic rings. The maximum Gasteiger partial charge on any atom is 0.323 e. The van der Waals surface area contributed by atoms with Crippen molar-refractivity contribution in [1.82, 2.24) is 4.90 Å². The van der Waals surface area contributed by atoms with Gasteiger partial charge in [0.05, 0.1) is 0 Å². The molecule has 1 rings (SSSR count). The Morgan fingerprint density at radius 2 is 2.06 bits per heavy atom. The van der Waals surface area contributed by atoms with E-state index in [1.807, 2.05) is 13.8 Å². The van der Waals surface area contributed by atoms with Crippen molar-refractivity contribution in [2.45, 2.75) is 52.0 Å². The van der Waals surface area contributed by atoms with E-state index in [-0.39, 0.29) is 18.5 Å². The minimum atomic E-state index is -0.928. The topological polar surface area (TPSA) is 57.6 Å². The molecule has 1 saturated carbocycles. The van der Waals surface area contributed by atoms with Crippen LogP contribution in [-0.4, -0.2) is 34.5 Å². The van der Waals surface area contributed by atoms with Gasteiger partial charge >= 0.3 is 5.97 Å². The van der Waals surface area contributed by atoms with Crippen LogP contribution in [0.25, 0.3) is 0 Å². The van der Waals surface area contributed by atoms with Crippen LogP contribution < -0.4 is 0 Å². The molecule has 0 heterocycles. The van der Waals surface area contributed by atoms with Gasteiger partial charge in [-0.1, -0.05) is 13.3 Å². The molecular weight excluding hydrogens is 206 g/mol. The molecule has 1 fully saturated rings. The molecule has 1 aliphatic rings. The third-order valence-corrected chi connectivity index (χ3v) is 3.44. The number of carboxylic acids is 1. The summed E-state index contributed by atoms with van der Waals surface area (Å²) in [5, 5.41) is 8.79. The van der Waals surface area contributed by atoms with Crippen LogP contribution in [0.5, 0.6) is 0 Å². The average molecular weight is 227 g/mol. The largest absolute Gasteiger partial charge is 0.480 e. The summed E-state index contributed by atoms with van der Waals surface area (Å²) in [6.45, 7) is 3.71. The molecule has 16 heavy (non-hydrogen) atoms. The molecule has 0 spiro atoms. The van der Waals surface area contributed by atoms with Crippen LogP contribution in [0.1, 0.15) is 46.0 Å². The lowest BCUT2D eigenvalue weighted by Crippen LogP contribution is -2.42. The number of hydrogen-bond acceptors (Lipinski definition) is 2. The van der Waals surface area contributed by atoms with E-state index in [9.17, 15) is 9.59 Å². The Labute approximate surface area is 96.6 Å². The maximum atomic E-state index is 11.9. The van der Waals surface area contributed by atoms with E-state index in [0.29, 0.717) is 12.3 Å². The lowest BCUT2D eigenvalue weighted by Gasteiger charge is -2.31. The standard InChI is InChI=1S/C12H21NO3/c1-3-9(2)13(8-12(15)16)11(14)7-10-5-4-6-10/h9-10H,3-8H2,1-2H3,(H,15,16). The minimum absolute atomic E-state index is 0.00134. The normalized spacial score (nSPS) is 17.6. The molecule has 0 saturated heterocycles. The number of aliphatic carboxylic acids is 1. The summed E-state index contributed by atoms with van der Waals surface area (Å²) >= 11 is 0. The Kier molecular flexibility index (Phi) is 4.77. The SMILES string of the molecule is CCC(C)N(CC(=O)O)C(=O)CC1CCC1. The molecule has 0 radical (unpaired) electrons. The maximum absolute atomic E-state index is 11.9. The molecule has 4 nitrogen and oxygen atoms in total. The van der Waals surface area contributed by atoms with E-state index in [4.69, 9.17) is 5.11 Å². The second-order valence-electron chi connectivity index (χ2n) is 4.67. The highest BCUT2D eigenvalue weighted by molar-refractivity contribution is 5.81. The van der Waals surface area contributed by atoms with Gasteiger partial charge in [0.25, 0.3) is 0 Å². The first kappa shape index (κ1) is 13.0. The van der Waals surface area contributed by atoms with Crippen LogP contribution in [0, 0.1) is 5.92 Å². The highest BCUT2D eigenvalue weighted by Gasteiger charge is 2.26. The molecule has 1 atom stereocenters. The molecule has 1 unspecified atom stereocenters. The van der Waals surface area contributed by atoms with Crippen molar-refractivity contribution in [2.24, 2.45) is 5.92 Å². The lowest BCUT2D eigenvalue weighted by molar-refractivity contribution is -0.146. The zero-order chi connectivity index (χ0) is 12.1. The predicted molar refractivity (Wildman–Crippen MR) is 61.1 cm³/mol. The number of rotatable bonds is 6. The minimum Gasteiger partial charge on any atom is -0.480 e. The third kappa shape index (κ3) is 3.51. The number of nitrogens with zero attached hydrogens (tertiary/aromatic N) is 1. The van der Waals surface area contributed by atoms with Gasteiger partial charge in [0.15, 0.2) is 0 Å². The molecular formula is C12H21NO3. The molecule has 1 N–H and O–H groups in total. The lowest BCUT2D eigenvalue weighted by atomic mass is 9.82. The molecule has 1 aliphatic carbocycles. The van der Waals surface area contributed by atoms with Crippen LogP contribution in [0.2, 0.25) is 0 Å². The van der Waals surface area contributed by atoms with Crippen LogP contribution in [0.4, 0.5) is 0 Å². The first-order valence-corrected chi connectivity index (χ1v) is 6.05. The molecule has 92 valence electrons. The average Bonchev–Trinajstić information content (AvgIpc) is 2.18. The Bertz CT molecular complexity index is 261. The van der Waals surface area contributed by atoms with Gasteiger partial charge in [0.1, 0.15) is 6.54 Å². The zero-order valence-corrected chi connectivity index (χ0v) is 10.1. The smallest absolute Gasteiger partial charge is 0.323 e. The quantitative estimate of drug-likeness (QED) is 0.753. The number of carbonyl (C=O) groups is 2. The third-order valence-electron chi connectivity index (χ3n) is 3.44. The van der Waals surface area contributed by atoms with Crippen molar-refractivity contribution in [2.75, 3.05) is 6.54 Å². The Morgan fingerprint density at radius 3 is 2.44 bits per heavy atom. The summed E-state index contributed by atoms with van der Waals surface area (Å²) in [5.41, 5.74) is 0. The number of carboxylic acid groups (broad SMARTS) is 1. The summed E-state index contributed by atoms with van der Waals surface area (Å²) in [6.07, 6.45) is 4.77. The molecule has 0 aromatic carbocycles. The van der Waals surface area contributed by atoms with Crippen LogP contribution in [0.3, 0.4) is 0 Å². The Morgan fingerprint density at radius 1 is 1.44 bits per heavy atom. The van der Waals surface area contributed by atoms with E-state index in [2.05, 4.69) is 0 Å². The van der Waals surface area contributed by atoms with E-state index < -0.39 is 5.97 Å². The van der Waals surface area contributed by atoms with E-state index in [0.717, 1.165) is 19.3 Å². The Hall–Kier alpha value is -1.06. The summed E-state index contributed by atoms with van der Waals surface area (Å²) in [4.78, 5) is 24.2. The number of hydrogen-bond donors (Lipinski definition) is 1. The van der Waals surface area contributed by atoms with Gasteiger partial charge in [-0.3, -0.25) is 9.59 Å². The van der Waals surface area contributed by atoms with Gasteiger partial charge in [-0.2, -0.15) is 0 Å². The summed E-state index contributed by atoms with van der Waals surface area (Å²) in [5.74, 6) is -0.434. The van der Waals surface area contributed by atoms with Crippen LogP contribution in [-0.2, 0) is 9.59 Å². The highest BCUT2D eigenvalue weighted by atomic mass is 16.4. The van der Waals surface area contributed by atoms with E-state index in [1.54, 1.807) is 0 Å². The first-order chi connectivity index (χ1) is 7.54. The highest BCUT2D eigenvalue weighted by Crippen LogP contribution is 2.30. The van der Waals surface area contributed by atoms with Crippen molar-refractivity contribution in [3.63, 3.8) is 0 Å². The molecule has 4 heteroatoms. The van der Waals surface area contributed by atoms with Crippen molar-refractivity contribution in [3.8, 4) is 0 Å². The summed E-state index contributed by atoms with van der Waals surface area (Å²) in [7, 11) is 0. The van der Waals surface area contributed by atoms with Gasteiger partial charge < -0.3 is 10.0 Å². The van der Waals surface area contributed by atoms with Gasteiger partial charge in [-0.05, 0) is 32.1 Å². The second-order valence-corrected chi connectivity index (χ2v) is 4.67. The fraction of sp³-hybridized carbons (Fsp3) is 0.833. The number of amides is 1. The van der Waals surface area contributed by atoms with Gasteiger partial charge in [-0.15, -0.1) is 0 Å². The predicted octanol–water partition coefficient (Wildman–Crippen LogP) is 1.89. The molecule has 0 aromatic heterocycles.